The number of carbonyl (C=O) groups excluding carboxylic acids is 2. The number of nitrogens with one attached hydrogen (secondary N) is 2. The first kappa shape index (κ1) is 18.6. The van der Waals surface area contributed by atoms with Crippen molar-refractivity contribution in [1.82, 2.24) is 10.6 Å². The number of benzene rings is 2. The summed E-state index contributed by atoms with van der Waals surface area (Å²) in [6.07, 6.45) is 6.91. The number of ether oxygens (including phenoxy) is 1. The molecular formula is C23H16N2O3S. The Labute approximate surface area is 173 Å². The molecule has 1 fully saturated rings. The van der Waals surface area contributed by atoms with Gasteiger partial charge in [-0.05, 0) is 36.0 Å². The van der Waals surface area contributed by atoms with Crippen molar-refractivity contribution in [2.24, 2.45) is 0 Å². The van der Waals surface area contributed by atoms with Crippen molar-refractivity contribution in [1.29, 1.82) is 0 Å². The lowest BCUT2D eigenvalue weighted by molar-refractivity contribution is -0.123. The maximum atomic E-state index is 12.0. The van der Waals surface area contributed by atoms with Crippen LogP contribution < -0.4 is 10.6 Å². The molecule has 2 amide bonds. The van der Waals surface area contributed by atoms with E-state index in [4.69, 9.17) is 17.0 Å². The van der Waals surface area contributed by atoms with E-state index in [2.05, 4.69) is 10.6 Å². The van der Waals surface area contributed by atoms with E-state index in [1.807, 2.05) is 72.8 Å². The number of thiocarbonyl (C=S) groups is 1. The summed E-state index contributed by atoms with van der Waals surface area (Å²) < 4.78 is 6.12. The first-order valence-electron chi connectivity index (χ1n) is 8.91. The molecule has 0 unspecified atom stereocenters. The summed E-state index contributed by atoms with van der Waals surface area (Å²) in [4.78, 5) is 24.1. The second kappa shape index (κ2) is 8.08. The number of carbonyl (C=O) groups is 2. The molecule has 6 heteroatoms. The molecule has 29 heavy (non-hydrogen) atoms. The van der Waals surface area contributed by atoms with Crippen LogP contribution in [0.25, 0.3) is 11.5 Å². The van der Waals surface area contributed by atoms with Gasteiger partial charge in [0.1, 0.15) is 17.1 Å². The minimum Gasteiger partial charge on any atom is -0.456 e. The normalized spacial score (nSPS) is 16.2. The van der Waals surface area contributed by atoms with Crippen molar-refractivity contribution in [2.75, 3.05) is 0 Å². The smallest absolute Gasteiger partial charge is 0.263 e. The van der Waals surface area contributed by atoms with Crippen LogP contribution >= 0.6 is 12.2 Å². The molecule has 0 radical (unpaired) electrons. The van der Waals surface area contributed by atoms with Crippen LogP contribution in [0.15, 0.2) is 96.1 Å². The minimum atomic E-state index is -0.526. The van der Waals surface area contributed by atoms with Crippen LogP contribution in [0.1, 0.15) is 11.1 Å². The molecule has 0 saturated carbocycles. The van der Waals surface area contributed by atoms with Gasteiger partial charge in [-0.2, -0.15) is 0 Å². The van der Waals surface area contributed by atoms with Crippen LogP contribution in [0, 0.1) is 0 Å². The molecule has 2 aliphatic rings. The zero-order valence-electron chi connectivity index (χ0n) is 15.2. The van der Waals surface area contributed by atoms with Crippen molar-refractivity contribution in [2.45, 2.75) is 0 Å². The van der Waals surface area contributed by atoms with Gasteiger partial charge in [-0.15, -0.1) is 0 Å². The Balaban J connectivity index is 1.74. The Morgan fingerprint density at radius 3 is 1.69 bits per heavy atom. The summed E-state index contributed by atoms with van der Waals surface area (Å²) in [5.74, 6) is 0.301. The van der Waals surface area contributed by atoms with Crippen molar-refractivity contribution < 1.29 is 14.3 Å². The Hall–Kier alpha value is -3.77. The Morgan fingerprint density at radius 1 is 0.724 bits per heavy atom. The Morgan fingerprint density at radius 2 is 1.21 bits per heavy atom. The number of allylic oxidation sites excluding steroid dienone is 5. The Kier molecular flexibility index (Phi) is 5.18. The first-order chi connectivity index (χ1) is 14.1. The largest absolute Gasteiger partial charge is 0.456 e. The lowest BCUT2D eigenvalue weighted by atomic mass is 10.0. The van der Waals surface area contributed by atoms with Crippen LogP contribution in [-0.4, -0.2) is 16.9 Å². The topological polar surface area (TPSA) is 67.4 Å². The molecule has 2 N–H and O–H groups in total. The van der Waals surface area contributed by atoms with Crippen molar-refractivity contribution in [3.8, 4) is 0 Å². The fourth-order valence-electron chi connectivity index (χ4n) is 2.91. The molecule has 2 heterocycles. The van der Waals surface area contributed by atoms with Gasteiger partial charge in [0.25, 0.3) is 11.8 Å². The molecular weight excluding hydrogens is 384 g/mol. The fraction of sp³-hybridized carbons (Fsp3) is 0. The van der Waals surface area contributed by atoms with Gasteiger partial charge in [-0.3, -0.25) is 20.2 Å². The third kappa shape index (κ3) is 4.23. The first-order valence-corrected chi connectivity index (χ1v) is 9.32. The maximum Gasteiger partial charge on any atom is 0.263 e. The van der Waals surface area contributed by atoms with Crippen LogP contribution in [-0.2, 0) is 14.3 Å². The van der Waals surface area contributed by atoms with Crippen molar-refractivity contribution >= 4 is 40.7 Å². The summed E-state index contributed by atoms with van der Waals surface area (Å²) in [6.45, 7) is 0. The summed E-state index contributed by atoms with van der Waals surface area (Å²) in [6, 6.07) is 19.4. The van der Waals surface area contributed by atoms with Crippen LogP contribution in [0.3, 0.4) is 0 Å². The zero-order valence-corrected chi connectivity index (χ0v) is 16.0. The number of amides is 2. The maximum absolute atomic E-state index is 12.0. The van der Waals surface area contributed by atoms with E-state index < -0.39 is 11.8 Å². The number of hydrogen-bond acceptors (Lipinski definition) is 4. The lowest BCUT2D eigenvalue weighted by Gasteiger charge is -2.19. The second-order valence-corrected chi connectivity index (χ2v) is 6.74. The van der Waals surface area contributed by atoms with Crippen LogP contribution in [0.5, 0.6) is 0 Å². The molecule has 142 valence electrons. The molecule has 4 rings (SSSR count). The van der Waals surface area contributed by atoms with E-state index in [1.54, 1.807) is 6.08 Å². The van der Waals surface area contributed by atoms with E-state index in [-0.39, 0.29) is 10.7 Å². The molecule has 0 bridgehead atoms. The lowest BCUT2D eigenvalue weighted by Crippen LogP contribution is -2.51. The van der Waals surface area contributed by atoms with Crippen LogP contribution in [0.2, 0.25) is 0 Å². The van der Waals surface area contributed by atoms with Gasteiger partial charge in [0.2, 0.25) is 0 Å². The average molecular weight is 400 g/mol. The molecule has 2 aromatic carbocycles. The SMILES string of the molecule is O=C1NC(=S)NC(=O)C1=CC=C1C=C(c2ccccc2)OC(c2ccccc2)=C1. The highest BCUT2D eigenvalue weighted by Gasteiger charge is 2.25. The second-order valence-electron chi connectivity index (χ2n) is 6.34. The standard InChI is InChI=1S/C23H16N2O3S/c26-21-18(22(27)25-23(29)24-21)12-11-15-13-19(16-7-3-1-4-8-16)28-20(14-15)17-9-5-2-6-10-17/h1-14H,(H2,24,25,26,27,29). The van der Waals surface area contributed by atoms with Crippen molar-refractivity contribution in [3.63, 3.8) is 0 Å². The predicted molar refractivity (Wildman–Crippen MR) is 115 cm³/mol. The van der Waals surface area contributed by atoms with Gasteiger partial charge < -0.3 is 4.74 Å². The van der Waals surface area contributed by atoms with E-state index in [0.717, 1.165) is 16.7 Å². The summed E-state index contributed by atoms with van der Waals surface area (Å²) >= 11 is 4.82. The van der Waals surface area contributed by atoms with E-state index >= 15 is 0 Å². The fourth-order valence-corrected chi connectivity index (χ4v) is 3.10. The molecule has 0 spiro atoms. The molecule has 1 saturated heterocycles. The molecule has 0 atom stereocenters. The molecule has 0 aromatic heterocycles. The quantitative estimate of drug-likeness (QED) is 0.470. The van der Waals surface area contributed by atoms with Gasteiger partial charge >= 0.3 is 0 Å². The molecule has 5 nitrogen and oxygen atoms in total. The van der Waals surface area contributed by atoms with Gasteiger partial charge in [0, 0.05) is 11.1 Å². The summed E-state index contributed by atoms with van der Waals surface area (Å²) in [5, 5.41) is 4.86. The van der Waals surface area contributed by atoms with E-state index in [1.165, 1.54) is 6.08 Å². The highest BCUT2D eigenvalue weighted by atomic mass is 32.1. The van der Waals surface area contributed by atoms with Gasteiger partial charge in [-0.25, -0.2) is 0 Å². The monoisotopic (exact) mass is 400 g/mol. The Bertz CT molecular complexity index is 1030. The van der Waals surface area contributed by atoms with Crippen LogP contribution in [0.4, 0.5) is 0 Å². The third-order valence-corrected chi connectivity index (χ3v) is 4.52. The highest BCUT2D eigenvalue weighted by molar-refractivity contribution is 7.80. The molecule has 2 aliphatic heterocycles. The van der Waals surface area contributed by atoms with Gasteiger partial charge in [0.15, 0.2) is 5.11 Å². The molecule has 0 aliphatic carbocycles. The van der Waals surface area contributed by atoms with Crippen molar-refractivity contribution in [3.05, 3.63) is 107 Å². The summed E-state index contributed by atoms with van der Waals surface area (Å²) in [5.41, 5.74) is 2.62. The molecule has 2 aromatic rings. The summed E-state index contributed by atoms with van der Waals surface area (Å²) in [7, 11) is 0. The predicted octanol–water partition coefficient (Wildman–Crippen LogP) is 3.48. The third-order valence-electron chi connectivity index (χ3n) is 4.32. The number of rotatable bonds is 3. The average Bonchev–Trinajstić information content (AvgIpc) is 2.74. The van der Waals surface area contributed by atoms with Gasteiger partial charge in [0.05, 0.1) is 0 Å². The van der Waals surface area contributed by atoms with Gasteiger partial charge in [-0.1, -0.05) is 66.7 Å². The van der Waals surface area contributed by atoms with E-state index in [9.17, 15) is 9.59 Å². The zero-order chi connectivity index (χ0) is 20.2. The highest BCUT2D eigenvalue weighted by Crippen LogP contribution is 2.32. The minimum absolute atomic E-state index is 0.00777. The van der Waals surface area contributed by atoms with E-state index in [0.29, 0.717) is 11.5 Å². The number of hydrogen-bond donors (Lipinski definition) is 2.